The fraction of sp³-hybridized carbons (Fsp3) is 0.286. The minimum Gasteiger partial charge on any atom is -0.240 e. The second-order valence-corrected chi connectivity index (χ2v) is 6.20. The van der Waals surface area contributed by atoms with Crippen LogP contribution in [0.2, 0.25) is 0 Å². The highest BCUT2D eigenvalue weighted by Gasteiger charge is 2.06. The van der Waals surface area contributed by atoms with Crippen molar-refractivity contribution in [3.8, 4) is 16.8 Å². The van der Waals surface area contributed by atoms with Gasteiger partial charge >= 0.3 is 0 Å². The molecule has 0 spiro atoms. The highest BCUT2D eigenvalue weighted by molar-refractivity contribution is 5.67. The summed E-state index contributed by atoms with van der Waals surface area (Å²) in [7, 11) is 0. The monoisotopic (exact) mass is 304 g/mol. The number of aromatic nitrogens is 2. The number of rotatable bonds is 5. The van der Waals surface area contributed by atoms with Crippen molar-refractivity contribution in [3.63, 3.8) is 0 Å². The molecule has 118 valence electrons. The van der Waals surface area contributed by atoms with Crippen LogP contribution in [0.5, 0.6) is 0 Å². The Labute approximate surface area is 138 Å². The summed E-state index contributed by atoms with van der Waals surface area (Å²) >= 11 is 0. The van der Waals surface area contributed by atoms with Gasteiger partial charge < -0.3 is 0 Å². The Kier molecular flexibility index (Phi) is 4.61. The van der Waals surface area contributed by atoms with Crippen LogP contribution in [0.25, 0.3) is 16.8 Å². The van der Waals surface area contributed by atoms with Crippen LogP contribution in [-0.4, -0.2) is 9.78 Å². The fourth-order valence-electron chi connectivity index (χ4n) is 2.83. The molecule has 0 atom stereocenters. The topological polar surface area (TPSA) is 17.8 Å². The van der Waals surface area contributed by atoms with Crippen molar-refractivity contribution < 1.29 is 0 Å². The van der Waals surface area contributed by atoms with Gasteiger partial charge in [0.25, 0.3) is 0 Å². The van der Waals surface area contributed by atoms with Crippen LogP contribution < -0.4 is 0 Å². The van der Waals surface area contributed by atoms with Crippen molar-refractivity contribution in [2.75, 3.05) is 0 Å². The van der Waals surface area contributed by atoms with Gasteiger partial charge in [0.05, 0.1) is 11.4 Å². The summed E-state index contributed by atoms with van der Waals surface area (Å²) in [6, 6.07) is 17.6. The highest BCUT2D eigenvalue weighted by Crippen LogP contribution is 2.25. The fourth-order valence-corrected chi connectivity index (χ4v) is 2.83. The van der Waals surface area contributed by atoms with Gasteiger partial charge in [0.2, 0.25) is 0 Å². The molecule has 0 saturated heterocycles. The summed E-state index contributed by atoms with van der Waals surface area (Å²) in [6.07, 6.45) is 5.69. The first kappa shape index (κ1) is 15.5. The number of unbranched alkanes of at least 4 members (excludes halogenated alkanes) is 1. The van der Waals surface area contributed by atoms with Gasteiger partial charge in [0, 0.05) is 6.20 Å². The predicted molar refractivity (Wildman–Crippen MR) is 97.1 cm³/mol. The molecule has 0 N–H and O–H groups in total. The molecule has 0 radical (unpaired) electrons. The maximum atomic E-state index is 4.54. The zero-order chi connectivity index (χ0) is 16.2. The van der Waals surface area contributed by atoms with Crippen molar-refractivity contribution in [1.29, 1.82) is 0 Å². The molecule has 0 unspecified atom stereocenters. The van der Waals surface area contributed by atoms with Gasteiger partial charge in [-0.1, -0.05) is 49.7 Å². The highest BCUT2D eigenvalue weighted by atomic mass is 15.3. The zero-order valence-corrected chi connectivity index (χ0v) is 14.2. The van der Waals surface area contributed by atoms with E-state index in [0.29, 0.717) is 0 Å². The van der Waals surface area contributed by atoms with E-state index in [1.165, 1.54) is 41.5 Å². The number of nitrogens with zero attached hydrogens (tertiary/aromatic N) is 2. The average Bonchev–Trinajstić information content (AvgIpc) is 3.00. The Morgan fingerprint density at radius 1 is 0.913 bits per heavy atom. The van der Waals surface area contributed by atoms with Crippen molar-refractivity contribution in [2.45, 2.75) is 40.0 Å². The summed E-state index contributed by atoms with van der Waals surface area (Å²) in [5.74, 6) is 0. The first-order valence-corrected chi connectivity index (χ1v) is 8.40. The second kappa shape index (κ2) is 6.82. The molecular formula is C21H24N2. The molecule has 23 heavy (non-hydrogen) atoms. The van der Waals surface area contributed by atoms with Crippen LogP contribution >= 0.6 is 0 Å². The number of hydrogen-bond donors (Lipinski definition) is 0. The Morgan fingerprint density at radius 2 is 1.65 bits per heavy atom. The summed E-state index contributed by atoms with van der Waals surface area (Å²) in [5.41, 5.74) is 7.33. The zero-order valence-electron chi connectivity index (χ0n) is 14.2. The van der Waals surface area contributed by atoms with E-state index in [1.54, 1.807) is 0 Å². The van der Waals surface area contributed by atoms with Gasteiger partial charge in [-0.15, -0.1) is 0 Å². The van der Waals surface area contributed by atoms with E-state index in [0.717, 1.165) is 11.4 Å². The third kappa shape index (κ3) is 3.53. The number of aryl methyl sites for hydroxylation is 3. The van der Waals surface area contributed by atoms with E-state index in [-0.39, 0.29) is 0 Å². The average molecular weight is 304 g/mol. The largest absolute Gasteiger partial charge is 0.240 e. The molecule has 2 aromatic carbocycles. The standard InChI is InChI=1S/C21H24N2/c1-4-5-6-18-8-11-19(12-9-18)20-10-7-16(2)21(15-20)23-14-13-17(3)22-23/h7-15H,4-6H2,1-3H3. The Morgan fingerprint density at radius 3 is 2.30 bits per heavy atom. The summed E-state index contributed by atoms with van der Waals surface area (Å²) in [4.78, 5) is 0. The summed E-state index contributed by atoms with van der Waals surface area (Å²) < 4.78 is 1.96. The molecule has 0 aliphatic rings. The Balaban J connectivity index is 1.91. The lowest BCUT2D eigenvalue weighted by Gasteiger charge is -2.10. The molecule has 3 aromatic rings. The second-order valence-electron chi connectivity index (χ2n) is 6.20. The maximum absolute atomic E-state index is 4.54. The van der Waals surface area contributed by atoms with Gasteiger partial charge in [0.1, 0.15) is 0 Å². The minimum atomic E-state index is 1.04. The lowest BCUT2D eigenvalue weighted by atomic mass is 10.00. The smallest absolute Gasteiger partial charge is 0.0680 e. The molecule has 0 bridgehead atoms. The van der Waals surface area contributed by atoms with Crippen LogP contribution in [0.3, 0.4) is 0 Å². The molecule has 2 heteroatoms. The van der Waals surface area contributed by atoms with Crippen molar-refractivity contribution in [1.82, 2.24) is 9.78 Å². The van der Waals surface area contributed by atoms with Crippen LogP contribution in [0.1, 0.15) is 36.6 Å². The normalized spacial score (nSPS) is 10.9. The van der Waals surface area contributed by atoms with Crippen LogP contribution in [-0.2, 0) is 6.42 Å². The molecule has 1 aromatic heterocycles. The van der Waals surface area contributed by atoms with Gasteiger partial charge in [0.15, 0.2) is 0 Å². The van der Waals surface area contributed by atoms with Gasteiger partial charge in [-0.05, 0) is 61.1 Å². The molecular weight excluding hydrogens is 280 g/mol. The van der Waals surface area contributed by atoms with Gasteiger partial charge in [-0.3, -0.25) is 0 Å². The molecule has 0 amide bonds. The van der Waals surface area contributed by atoms with Crippen LogP contribution in [0.15, 0.2) is 54.7 Å². The van der Waals surface area contributed by atoms with E-state index < -0.39 is 0 Å². The van der Waals surface area contributed by atoms with E-state index in [2.05, 4.69) is 61.4 Å². The third-order valence-electron chi connectivity index (χ3n) is 4.28. The predicted octanol–water partition coefficient (Wildman–Crippen LogP) is 5.50. The quantitative estimate of drug-likeness (QED) is 0.608. The Hall–Kier alpha value is -2.35. The van der Waals surface area contributed by atoms with Crippen LogP contribution in [0.4, 0.5) is 0 Å². The van der Waals surface area contributed by atoms with Gasteiger partial charge in [-0.25, -0.2) is 4.68 Å². The first-order chi connectivity index (χ1) is 11.2. The van der Waals surface area contributed by atoms with Crippen molar-refractivity contribution >= 4 is 0 Å². The number of benzene rings is 2. The lowest BCUT2D eigenvalue weighted by Crippen LogP contribution is -1.98. The Bertz CT molecular complexity index is 782. The summed E-state index contributed by atoms with van der Waals surface area (Å²) in [5, 5.41) is 4.54. The molecule has 0 fully saturated rings. The molecule has 0 saturated carbocycles. The molecule has 2 nitrogen and oxygen atoms in total. The van der Waals surface area contributed by atoms with E-state index in [9.17, 15) is 0 Å². The van der Waals surface area contributed by atoms with Gasteiger partial charge in [-0.2, -0.15) is 5.10 Å². The summed E-state index contributed by atoms with van der Waals surface area (Å²) in [6.45, 7) is 6.38. The molecule has 1 heterocycles. The molecule has 0 aliphatic heterocycles. The molecule has 3 rings (SSSR count). The van der Waals surface area contributed by atoms with Crippen molar-refractivity contribution in [3.05, 3.63) is 71.5 Å². The van der Waals surface area contributed by atoms with E-state index in [1.807, 2.05) is 23.9 Å². The van der Waals surface area contributed by atoms with E-state index >= 15 is 0 Å². The SMILES string of the molecule is CCCCc1ccc(-c2ccc(C)c(-n3ccc(C)n3)c2)cc1. The molecule has 0 aliphatic carbocycles. The third-order valence-corrected chi connectivity index (χ3v) is 4.28. The first-order valence-electron chi connectivity index (χ1n) is 8.40. The van der Waals surface area contributed by atoms with Crippen LogP contribution in [0, 0.1) is 13.8 Å². The van der Waals surface area contributed by atoms with Crippen molar-refractivity contribution in [2.24, 2.45) is 0 Å². The minimum absolute atomic E-state index is 1.04. The lowest BCUT2D eigenvalue weighted by molar-refractivity contribution is 0.795. The number of hydrogen-bond acceptors (Lipinski definition) is 1. The maximum Gasteiger partial charge on any atom is 0.0680 e. The van der Waals surface area contributed by atoms with E-state index in [4.69, 9.17) is 0 Å².